The highest BCUT2D eigenvalue weighted by Crippen LogP contribution is 2.30. The number of nitrogens with zero attached hydrogens (tertiary/aromatic N) is 2. The van der Waals surface area contributed by atoms with Crippen molar-refractivity contribution in [3.05, 3.63) is 48.5 Å². The summed E-state index contributed by atoms with van der Waals surface area (Å²) in [5, 5.41) is 9.56. The fourth-order valence-corrected chi connectivity index (χ4v) is 4.05. The van der Waals surface area contributed by atoms with Crippen LogP contribution in [0.2, 0.25) is 0 Å². The van der Waals surface area contributed by atoms with Crippen LogP contribution in [0.1, 0.15) is 0 Å². The van der Waals surface area contributed by atoms with Crippen molar-refractivity contribution in [1.29, 1.82) is 5.41 Å². The molecule has 2 aromatic rings. The molecule has 6 heteroatoms. The molecule has 3 nitrogen and oxygen atoms in total. The molecule has 0 aliphatic rings. The maximum absolute atomic E-state index is 8.60. The van der Waals surface area contributed by atoms with E-state index in [0.29, 0.717) is 5.96 Å². The molecule has 0 aliphatic heterocycles. The number of hydrogen-bond donors (Lipinski definition) is 1. The predicted molar refractivity (Wildman–Crippen MR) is 114 cm³/mol. The molecule has 0 aliphatic carbocycles. The molecule has 0 saturated carbocycles. The SMILES string of the molecule is CSc1cccc(N(C)C(=N)N(C)c2ccccc2SCCBr)c1. The standard InChI is InChI=1S/C18H22BrN3S2/c1-21(14-7-6-8-15(13-14)23-3)18(20)22(2)16-9-4-5-10-17(16)24-12-11-19/h4-10,13,20H,11-12H2,1-3H3. The van der Waals surface area contributed by atoms with E-state index in [2.05, 4.69) is 46.5 Å². The largest absolute Gasteiger partial charge is 0.315 e. The number of benzene rings is 2. The van der Waals surface area contributed by atoms with E-state index >= 15 is 0 Å². The van der Waals surface area contributed by atoms with Crippen LogP contribution >= 0.6 is 39.5 Å². The lowest BCUT2D eigenvalue weighted by Gasteiger charge is -2.29. The molecule has 128 valence electrons. The monoisotopic (exact) mass is 423 g/mol. The first-order chi connectivity index (χ1) is 11.6. The van der Waals surface area contributed by atoms with Crippen molar-refractivity contribution in [3.63, 3.8) is 0 Å². The minimum atomic E-state index is 0.445. The molecule has 2 aromatic carbocycles. The van der Waals surface area contributed by atoms with Crippen LogP contribution in [0.5, 0.6) is 0 Å². The molecular weight excluding hydrogens is 402 g/mol. The van der Waals surface area contributed by atoms with Crippen LogP contribution in [0, 0.1) is 5.41 Å². The van der Waals surface area contributed by atoms with E-state index in [9.17, 15) is 0 Å². The Bertz CT molecular complexity index is 693. The molecule has 24 heavy (non-hydrogen) atoms. The lowest BCUT2D eigenvalue weighted by Crippen LogP contribution is -2.39. The second-order valence-electron chi connectivity index (χ2n) is 5.15. The van der Waals surface area contributed by atoms with Crippen LogP contribution in [-0.4, -0.2) is 37.4 Å². The van der Waals surface area contributed by atoms with Crippen molar-refractivity contribution >= 4 is 56.8 Å². The number of halogens is 1. The molecular formula is C18H22BrN3S2. The van der Waals surface area contributed by atoms with Crippen molar-refractivity contribution in [2.75, 3.05) is 41.2 Å². The maximum Gasteiger partial charge on any atom is 0.202 e. The smallest absolute Gasteiger partial charge is 0.202 e. The Morgan fingerprint density at radius 3 is 2.54 bits per heavy atom. The minimum Gasteiger partial charge on any atom is -0.315 e. The summed E-state index contributed by atoms with van der Waals surface area (Å²) in [5.74, 6) is 1.45. The topological polar surface area (TPSA) is 30.3 Å². The summed E-state index contributed by atoms with van der Waals surface area (Å²) in [6, 6.07) is 16.5. The van der Waals surface area contributed by atoms with Gasteiger partial charge in [-0.15, -0.1) is 23.5 Å². The number of alkyl halides is 1. The van der Waals surface area contributed by atoms with Crippen LogP contribution in [-0.2, 0) is 0 Å². The number of nitrogens with one attached hydrogen (secondary N) is 1. The molecule has 0 aromatic heterocycles. The molecule has 0 spiro atoms. The highest BCUT2D eigenvalue weighted by atomic mass is 79.9. The molecule has 0 fully saturated rings. The average molecular weight is 424 g/mol. The van der Waals surface area contributed by atoms with Crippen LogP contribution in [0.15, 0.2) is 58.3 Å². The van der Waals surface area contributed by atoms with Gasteiger partial charge in [0.2, 0.25) is 5.96 Å². The highest BCUT2D eigenvalue weighted by Gasteiger charge is 2.16. The van der Waals surface area contributed by atoms with E-state index in [1.165, 1.54) is 9.79 Å². The van der Waals surface area contributed by atoms with E-state index in [-0.39, 0.29) is 0 Å². The van der Waals surface area contributed by atoms with E-state index < -0.39 is 0 Å². The second-order valence-corrected chi connectivity index (χ2v) is 7.96. The van der Waals surface area contributed by atoms with Gasteiger partial charge in [-0.05, 0) is 36.6 Å². The number of guanidine groups is 1. The van der Waals surface area contributed by atoms with Gasteiger partial charge in [0, 0.05) is 40.7 Å². The first-order valence-electron chi connectivity index (χ1n) is 7.56. The summed E-state index contributed by atoms with van der Waals surface area (Å²) in [6.07, 6.45) is 2.06. The quantitative estimate of drug-likeness (QED) is 0.291. The predicted octanol–water partition coefficient (Wildman–Crippen LogP) is 5.40. The third-order valence-electron chi connectivity index (χ3n) is 3.64. The van der Waals surface area contributed by atoms with E-state index in [1.54, 1.807) is 23.5 Å². The second kappa shape index (κ2) is 9.39. The van der Waals surface area contributed by atoms with Gasteiger partial charge in [-0.2, -0.15) is 0 Å². The van der Waals surface area contributed by atoms with E-state index in [1.807, 2.05) is 48.2 Å². The summed E-state index contributed by atoms with van der Waals surface area (Å²) >= 11 is 6.99. The van der Waals surface area contributed by atoms with Gasteiger partial charge >= 0.3 is 0 Å². The number of anilines is 2. The van der Waals surface area contributed by atoms with E-state index in [4.69, 9.17) is 5.41 Å². The first-order valence-corrected chi connectivity index (χ1v) is 10.9. The highest BCUT2D eigenvalue weighted by molar-refractivity contribution is 9.09. The number of hydrogen-bond acceptors (Lipinski definition) is 3. The van der Waals surface area contributed by atoms with Gasteiger partial charge in [-0.25, -0.2) is 0 Å². The van der Waals surface area contributed by atoms with Crippen molar-refractivity contribution in [2.24, 2.45) is 0 Å². The van der Waals surface area contributed by atoms with Gasteiger partial charge < -0.3 is 9.80 Å². The van der Waals surface area contributed by atoms with Gasteiger partial charge in [0.05, 0.1) is 5.69 Å². The van der Waals surface area contributed by atoms with Gasteiger partial charge in [0.25, 0.3) is 0 Å². The van der Waals surface area contributed by atoms with Crippen LogP contribution in [0.25, 0.3) is 0 Å². The number of para-hydroxylation sites is 1. The zero-order valence-corrected chi connectivity index (χ0v) is 17.3. The molecule has 0 atom stereocenters. The van der Waals surface area contributed by atoms with Crippen molar-refractivity contribution in [1.82, 2.24) is 0 Å². The van der Waals surface area contributed by atoms with Crippen molar-refractivity contribution < 1.29 is 0 Å². The molecule has 0 amide bonds. The molecule has 0 saturated heterocycles. The lowest BCUT2D eigenvalue weighted by molar-refractivity contribution is 1.10. The Hall–Kier alpha value is -1.11. The third-order valence-corrected chi connectivity index (χ3v) is 6.35. The summed E-state index contributed by atoms with van der Waals surface area (Å²) in [4.78, 5) is 6.23. The van der Waals surface area contributed by atoms with Gasteiger partial charge in [-0.1, -0.05) is 34.1 Å². The summed E-state index contributed by atoms with van der Waals surface area (Å²) < 4.78 is 0. The first kappa shape index (κ1) is 19.2. The van der Waals surface area contributed by atoms with E-state index in [0.717, 1.165) is 22.5 Å². The molecule has 0 unspecified atom stereocenters. The zero-order valence-electron chi connectivity index (χ0n) is 14.1. The Balaban J connectivity index is 2.22. The Morgan fingerprint density at radius 1 is 1.08 bits per heavy atom. The normalized spacial score (nSPS) is 10.5. The average Bonchev–Trinajstić information content (AvgIpc) is 2.64. The van der Waals surface area contributed by atoms with Crippen LogP contribution in [0.3, 0.4) is 0 Å². The lowest BCUT2D eigenvalue weighted by atomic mass is 10.3. The van der Waals surface area contributed by atoms with Crippen molar-refractivity contribution in [2.45, 2.75) is 9.79 Å². The third kappa shape index (κ3) is 4.71. The zero-order chi connectivity index (χ0) is 17.5. The maximum atomic E-state index is 8.60. The fraction of sp³-hybridized carbons (Fsp3) is 0.278. The van der Waals surface area contributed by atoms with Crippen molar-refractivity contribution in [3.8, 4) is 0 Å². The fourth-order valence-electron chi connectivity index (χ4n) is 2.29. The van der Waals surface area contributed by atoms with Gasteiger partial charge in [0.15, 0.2) is 0 Å². The van der Waals surface area contributed by atoms with Crippen LogP contribution < -0.4 is 9.80 Å². The Labute approximate surface area is 161 Å². The minimum absolute atomic E-state index is 0.445. The molecule has 1 N–H and O–H groups in total. The molecule has 0 bridgehead atoms. The van der Waals surface area contributed by atoms with Gasteiger partial charge in [-0.3, -0.25) is 5.41 Å². The Morgan fingerprint density at radius 2 is 1.83 bits per heavy atom. The summed E-state index contributed by atoms with van der Waals surface area (Å²) in [7, 11) is 3.89. The molecule has 2 rings (SSSR count). The van der Waals surface area contributed by atoms with Gasteiger partial charge in [0.1, 0.15) is 0 Å². The number of thioether (sulfide) groups is 2. The van der Waals surface area contributed by atoms with Crippen LogP contribution in [0.4, 0.5) is 11.4 Å². The number of rotatable bonds is 6. The molecule has 0 heterocycles. The Kier molecular flexibility index (Phi) is 7.52. The molecule has 0 radical (unpaired) electrons. The summed E-state index contributed by atoms with van der Waals surface area (Å²) in [5.41, 5.74) is 2.07. The summed E-state index contributed by atoms with van der Waals surface area (Å²) in [6.45, 7) is 0.